The number of carboxylic acid groups (broad SMARTS) is 1. The van der Waals surface area contributed by atoms with Gasteiger partial charge in [-0.15, -0.1) is 0 Å². The van der Waals surface area contributed by atoms with Crippen molar-refractivity contribution in [1.29, 1.82) is 0 Å². The molecule has 1 aromatic rings. The largest absolute Gasteiger partial charge is 0.480 e. The Morgan fingerprint density at radius 1 is 1.47 bits per heavy atom. The van der Waals surface area contributed by atoms with Gasteiger partial charge in [-0.05, 0) is 43.7 Å². The van der Waals surface area contributed by atoms with E-state index in [0.29, 0.717) is 11.8 Å². The van der Waals surface area contributed by atoms with E-state index in [4.69, 9.17) is 0 Å². The van der Waals surface area contributed by atoms with Crippen LogP contribution in [-0.2, 0) is 4.79 Å². The number of aliphatic carboxylic acids is 1. The van der Waals surface area contributed by atoms with E-state index in [-0.39, 0.29) is 12.1 Å². The van der Waals surface area contributed by atoms with E-state index in [1.807, 2.05) is 18.2 Å². The Morgan fingerprint density at radius 3 is 3.00 bits per heavy atom. The van der Waals surface area contributed by atoms with Gasteiger partial charge in [0.1, 0.15) is 6.04 Å². The molecule has 0 radical (unpaired) electrons. The summed E-state index contributed by atoms with van der Waals surface area (Å²) in [5.41, 5.74) is 0.966. The van der Waals surface area contributed by atoms with Crippen molar-refractivity contribution in [2.75, 3.05) is 6.54 Å². The van der Waals surface area contributed by atoms with E-state index in [1.165, 1.54) is 12.8 Å². The van der Waals surface area contributed by atoms with Crippen LogP contribution in [0.25, 0.3) is 0 Å². The summed E-state index contributed by atoms with van der Waals surface area (Å²) in [6, 6.07) is 5.59. The normalized spacial score (nSPS) is 32.2. The van der Waals surface area contributed by atoms with Crippen LogP contribution >= 0.6 is 0 Å². The number of aromatic nitrogens is 1. The van der Waals surface area contributed by atoms with Crippen molar-refractivity contribution in [2.45, 2.75) is 38.3 Å². The van der Waals surface area contributed by atoms with Gasteiger partial charge in [0, 0.05) is 12.7 Å². The first-order valence-electron chi connectivity index (χ1n) is 7.08. The van der Waals surface area contributed by atoms with E-state index >= 15 is 0 Å². The molecule has 4 atom stereocenters. The molecule has 0 amide bonds. The summed E-state index contributed by atoms with van der Waals surface area (Å²) in [6.07, 6.45) is 5.20. The van der Waals surface area contributed by atoms with E-state index in [2.05, 4.69) is 16.8 Å². The summed E-state index contributed by atoms with van der Waals surface area (Å²) in [5.74, 6) is 0.230. The van der Waals surface area contributed by atoms with E-state index in [1.54, 1.807) is 6.20 Å². The monoisotopic (exact) mass is 260 g/mol. The van der Waals surface area contributed by atoms with E-state index in [9.17, 15) is 9.90 Å². The summed E-state index contributed by atoms with van der Waals surface area (Å²) >= 11 is 0. The van der Waals surface area contributed by atoms with Gasteiger partial charge in [0.15, 0.2) is 0 Å². The second-order valence-corrected chi connectivity index (χ2v) is 5.77. The molecule has 4 unspecified atom stereocenters. The summed E-state index contributed by atoms with van der Waals surface area (Å²) in [5, 5.41) is 9.56. The Bertz CT molecular complexity index is 462. The van der Waals surface area contributed by atoms with Crippen molar-refractivity contribution in [1.82, 2.24) is 9.88 Å². The molecule has 0 aromatic carbocycles. The van der Waals surface area contributed by atoms with Gasteiger partial charge in [-0.3, -0.25) is 14.7 Å². The number of hydrogen-bond donors (Lipinski definition) is 1. The Hall–Kier alpha value is -1.42. The minimum Gasteiger partial charge on any atom is -0.480 e. The predicted molar refractivity (Wildman–Crippen MR) is 71.6 cm³/mol. The lowest BCUT2D eigenvalue weighted by molar-refractivity contribution is -0.144. The molecule has 4 nitrogen and oxygen atoms in total. The number of carboxylic acids is 1. The Labute approximate surface area is 113 Å². The Morgan fingerprint density at radius 2 is 2.32 bits per heavy atom. The molecule has 1 aliphatic carbocycles. The van der Waals surface area contributed by atoms with Crippen LogP contribution in [-0.4, -0.2) is 33.5 Å². The molecule has 2 fully saturated rings. The molecule has 0 bridgehead atoms. The highest BCUT2D eigenvalue weighted by molar-refractivity contribution is 5.74. The summed E-state index contributed by atoms with van der Waals surface area (Å²) < 4.78 is 0. The first-order chi connectivity index (χ1) is 9.18. The van der Waals surface area contributed by atoms with Crippen molar-refractivity contribution < 1.29 is 9.90 Å². The molecule has 0 spiro atoms. The Balaban J connectivity index is 1.85. The molecular weight excluding hydrogens is 240 g/mol. The van der Waals surface area contributed by atoms with Crippen molar-refractivity contribution in [3.05, 3.63) is 30.1 Å². The summed E-state index contributed by atoms with van der Waals surface area (Å²) in [4.78, 5) is 18.1. The topological polar surface area (TPSA) is 53.4 Å². The number of hydrogen-bond acceptors (Lipinski definition) is 3. The molecule has 1 aliphatic heterocycles. The molecule has 102 valence electrons. The van der Waals surface area contributed by atoms with Crippen LogP contribution in [0.5, 0.6) is 0 Å². The van der Waals surface area contributed by atoms with Crippen LogP contribution in [0.4, 0.5) is 0 Å². The first kappa shape index (κ1) is 12.6. The third-order valence-corrected chi connectivity index (χ3v) is 4.79. The zero-order chi connectivity index (χ0) is 13.4. The van der Waals surface area contributed by atoms with E-state index < -0.39 is 5.97 Å². The quantitative estimate of drug-likeness (QED) is 0.906. The fourth-order valence-corrected chi connectivity index (χ4v) is 3.86. The van der Waals surface area contributed by atoms with Gasteiger partial charge in [-0.1, -0.05) is 12.5 Å². The van der Waals surface area contributed by atoms with Gasteiger partial charge in [0.2, 0.25) is 0 Å². The average Bonchev–Trinajstić information content (AvgIpc) is 2.98. The number of carbonyl (C=O) groups is 1. The molecular formula is C15H20N2O2. The second-order valence-electron chi connectivity index (χ2n) is 5.77. The van der Waals surface area contributed by atoms with Crippen LogP contribution in [0.3, 0.4) is 0 Å². The minimum absolute atomic E-state index is 0.0768. The summed E-state index contributed by atoms with van der Waals surface area (Å²) in [6.45, 7) is 2.97. The highest BCUT2D eigenvalue weighted by atomic mass is 16.4. The SMILES string of the molecule is CC(c1ccccn1)N1CC2CCCC2C1C(=O)O. The highest BCUT2D eigenvalue weighted by Crippen LogP contribution is 2.44. The highest BCUT2D eigenvalue weighted by Gasteiger charge is 2.49. The molecule has 1 saturated carbocycles. The first-order valence-corrected chi connectivity index (χ1v) is 7.08. The van der Waals surface area contributed by atoms with Crippen LogP contribution in [0.15, 0.2) is 24.4 Å². The van der Waals surface area contributed by atoms with E-state index in [0.717, 1.165) is 18.7 Å². The number of fused-ring (bicyclic) bond motifs is 1. The summed E-state index contributed by atoms with van der Waals surface area (Å²) in [7, 11) is 0. The molecule has 19 heavy (non-hydrogen) atoms. The standard InChI is InChI=1S/C15H20N2O2/c1-10(13-7-2-3-8-16-13)17-9-11-5-4-6-12(11)14(17)15(18)19/h2-3,7-8,10-12,14H,4-6,9H2,1H3,(H,18,19). The maximum absolute atomic E-state index is 11.6. The fourth-order valence-electron chi connectivity index (χ4n) is 3.86. The van der Waals surface area contributed by atoms with Gasteiger partial charge in [0.25, 0.3) is 0 Å². The number of nitrogens with zero attached hydrogens (tertiary/aromatic N) is 2. The van der Waals surface area contributed by atoms with Gasteiger partial charge < -0.3 is 5.11 Å². The van der Waals surface area contributed by atoms with Crippen LogP contribution < -0.4 is 0 Å². The molecule has 3 rings (SSSR count). The number of likely N-dealkylation sites (tertiary alicyclic amines) is 1. The molecule has 1 N–H and O–H groups in total. The maximum atomic E-state index is 11.6. The minimum atomic E-state index is -0.669. The lowest BCUT2D eigenvalue weighted by Crippen LogP contribution is -2.41. The average molecular weight is 260 g/mol. The number of rotatable bonds is 3. The van der Waals surface area contributed by atoms with Crippen molar-refractivity contribution in [3.8, 4) is 0 Å². The molecule has 4 heteroatoms. The van der Waals surface area contributed by atoms with Gasteiger partial charge >= 0.3 is 5.97 Å². The van der Waals surface area contributed by atoms with Crippen molar-refractivity contribution in [2.24, 2.45) is 11.8 Å². The molecule has 1 aromatic heterocycles. The molecule has 1 saturated heterocycles. The lowest BCUT2D eigenvalue weighted by atomic mass is 9.94. The van der Waals surface area contributed by atoms with Crippen LogP contribution in [0.2, 0.25) is 0 Å². The number of pyridine rings is 1. The van der Waals surface area contributed by atoms with Gasteiger partial charge in [-0.25, -0.2) is 0 Å². The van der Waals surface area contributed by atoms with Crippen molar-refractivity contribution >= 4 is 5.97 Å². The zero-order valence-electron chi connectivity index (χ0n) is 11.2. The lowest BCUT2D eigenvalue weighted by Gasteiger charge is -2.29. The predicted octanol–water partition coefficient (Wildman–Crippen LogP) is 2.33. The maximum Gasteiger partial charge on any atom is 0.321 e. The molecule has 2 aliphatic rings. The Kier molecular flexibility index (Phi) is 3.27. The van der Waals surface area contributed by atoms with Gasteiger partial charge in [-0.2, -0.15) is 0 Å². The van der Waals surface area contributed by atoms with Crippen molar-refractivity contribution in [3.63, 3.8) is 0 Å². The van der Waals surface area contributed by atoms with Gasteiger partial charge in [0.05, 0.1) is 11.7 Å². The molecule has 2 heterocycles. The smallest absolute Gasteiger partial charge is 0.321 e. The second kappa shape index (κ2) is 4.93. The third kappa shape index (κ3) is 2.14. The third-order valence-electron chi connectivity index (χ3n) is 4.79. The fraction of sp³-hybridized carbons (Fsp3) is 0.600. The zero-order valence-corrected chi connectivity index (χ0v) is 11.2. The van der Waals surface area contributed by atoms with Crippen LogP contribution in [0, 0.1) is 11.8 Å². The van der Waals surface area contributed by atoms with Crippen LogP contribution in [0.1, 0.15) is 37.9 Å².